The molecule has 0 saturated carbocycles. The van der Waals surface area contributed by atoms with Crippen molar-refractivity contribution in [2.45, 2.75) is 132 Å². The summed E-state index contributed by atoms with van der Waals surface area (Å²) < 4.78 is 36.4. The van der Waals surface area contributed by atoms with E-state index in [4.69, 9.17) is 9.05 Å². The summed E-state index contributed by atoms with van der Waals surface area (Å²) >= 11 is 0. The van der Waals surface area contributed by atoms with Gasteiger partial charge in [-0.05, 0) is 78.0 Å². The first kappa shape index (κ1) is 39.8. The minimum Gasteiger partial charge on any atom is -0.317 e. The quantitative estimate of drug-likeness (QED) is 0.318. The Morgan fingerprint density at radius 2 is 0.923 bits per heavy atom. The van der Waals surface area contributed by atoms with Crippen LogP contribution in [0.15, 0.2) is 48.5 Å². The fraction of sp³-hybridized carbons (Fsp3) is 0.636. The normalized spacial score (nSPS) is 13.8. The van der Waals surface area contributed by atoms with Crippen molar-refractivity contribution in [2.75, 3.05) is 6.66 Å². The minimum absolute atomic E-state index is 0.322. The van der Waals surface area contributed by atoms with Gasteiger partial charge in [0.2, 0.25) is 7.37 Å². The smallest absolute Gasteiger partial charge is 0.317 e. The lowest BCUT2D eigenvalue weighted by molar-refractivity contribution is 0.108. The summed E-state index contributed by atoms with van der Waals surface area (Å²) in [6, 6.07) is 16.3. The molecule has 0 bridgehead atoms. The molecule has 0 aliphatic heterocycles. The predicted octanol–water partition coefficient (Wildman–Crippen LogP) is 11.8. The average Bonchev–Trinajstić information content (AvgIpc) is 2.80. The number of rotatable bonds is 6. The van der Waals surface area contributed by atoms with E-state index in [0.717, 1.165) is 11.1 Å². The van der Waals surface area contributed by atoms with Crippen molar-refractivity contribution in [1.82, 2.24) is 0 Å². The summed E-state index contributed by atoms with van der Waals surface area (Å²) in [5, 5.41) is -0.660. The molecule has 2 aromatic carbocycles. The molecular formula is C33H59O4P2+. The van der Waals surface area contributed by atoms with Gasteiger partial charge >= 0.3 is 8.03 Å². The molecule has 0 heterocycles. The first-order chi connectivity index (χ1) is 17.6. The maximum atomic E-state index is 12.7. The van der Waals surface area contributed by atoms with Crippen LogP contribution in [0.2, 0.25) is 0 Å². The molecule has 0 radical (unpaired) electrons. The molecule has 2 rings (SSSR count). The van der Waals surface area contributed by atoms with Crippen LogP contribution in [-0.4, -0.2) is 17.0 Å². The molecule has 39 heavy (non-hydrogen) atoms. The molecule has 0 fully saturated rings. The fourth-order valence-electron chi connectivity index (χ4n) is 2.93. The van der Waals surface area contributed by atoms with Gasteiger partial charge in [-0.1, -0.05) is 108 Å². The highest BCUT2D eigenvalue weighted by molar-refractivity contribution is 7.59. The monoisotopic (exact) mass is 581 g/mol. The molecule has 0 amide bonds. The molecule has 6 heteroatoms. The van der Waals surface area contributed by atoms with Crippen LogP contribution in [-0.2, 0) is 29.4 Å². The molecule has 0 aliphatic carbocycles. The summed E-state index contributed by atoms with van der Waals surface area (Å²) in [6.45, 7) is 33.3. The van der Waals surface area contributed by atoms with Crippen LogP contribution in [0, 0.1) is 13.8 Å². The van der Waals surface area contributed by atoms with Crippen LogP contribution in [0.25, 0.3) is 0 Å². The maximum Gasteiger partial charge on any atom is 0.514 e. The van der Waals surface area contributed by atoms with E-state index >= 15 is 0 Å². The van der Waals surface area contributed by atoms with Gasteiger partial charge in [-0.3, -0.25) is 4.57 Å². The second kappa shape index (κ2) is 16.2. The second-order valence-corrected chi connectivity index (χ2v) is 17.6. The number of benzene rings is 2. The van der Waals surface area contributed by atoms with Gasteiger partial charge < -0.3 is 4.52 Å². The fourth-order valence-corrected chi connectivity index (χ4v) is 4.98. The summed E-state index contributed by atoms with van der Waals surface area (Å²) in [4.78, 5) is 0. The van der Waals surface area contributed by atoms with Crippen LogP contribution >= 0.6 is 15.4 Å². The Morgan fingerprint density at radius 3 is 1.21 bits per heavy atom. The van der Waals surface area contributed by atoms with Gasteiger partial charge in [0.15, 0.2) is 5.16 Å². The van der Waals surface area contributed by atoms with Crippen molar-refractivity contribution in [1.29, 1.82) is 0 Å². The Balaban J connectivity index is 0. The highest BCUT2D eigenvalue weighted by Gasteiger charge is 2.43. The topological polar surface area (TPSA) is 52.6 Å². The van der Waals surface area contributed by atoms with Gasteiger partial charge in [0.25, 0.3) is 0 Å². The Kier molecular flexibility index (Phi) is 16.6. The van der Waals surface area contributed by atoms with E-state index in [0.29, 0.717) is 0 Å². The third-order valence-corrected chi connectivity index (χ3v) is 10.9. The molecule has 224 valence electrons. The summed E-state index contributed by atoms with van der Waals surface area (Å²) in [7, 11) is -4.37. The Labute approximate surface area is 243 Å². The molecular weight excluding hydrogens is 522 g/mol. The van der Waals surface area contributed by atoms with Crippen LogP contribution in [0.3, 0.4) is 0 Å². The van der Waals surface area contributed by atoms with E-state index in [-0.39, 0.29) is 10.3 Å². The molecule has 0 aliphatic rings. The van der Waals surface area contributed by atoms with Crippen LogP contribution < -0.4 is 0 Å². The number of hydrogen-bond donors (Lipinski definition) is 0. The Morgan fingerprint density at radius 1 is 0.615 bits per heavy atom. The average molecular weight is 582 g/mol. The highest BCUT2D eigenvalue weighted by Crippen LogP contribution is 2.59. The van der Waals surface area contributed by atoms with Gasteiger partial charge in [-0.2, -0.15) is 0 Å². The van der Waals surface area contributed by atoms with Crippen molar-refractivity contribution in [3.05, 3.63) is 70.8 Å². The molecule has 0 aromatic heterocycles. The largest absolute Gasteiger partial charge is 0.514 e. The summed E-state index contributed by atoms with van der Waals surface area (Å²) in [5.74, 6) is 0. The molecule has 0 N–H and O–H groups in total. The van der Waals surface area contributed by atoms with Crippen molar-refractivity contribution < 1.29 is 18.2 Å². The van der Waals surface area contributed by atoms with Gasteiger partial charge in [-0.15, -0.1) is 4.52 Å². The third-order valence-electron chi connectivity index (χ3n) is 5.97. The Bertz CT molecular complexity index is 1020. The van der Waals surface area contributed by atoms with E-state index in [1.54, 1.807) is 6.66 Å². The maximum absolute atomic E-state index is 12.7. The number of aryl methyl sites for hydroxylation is 2. The lowest BCUT2D eigenvalue weighted by atomic mass is 9.98. The van der Waals surface area contributed by atoms with E-state index in [1.807, 2.05) is 140 Å². The van der Waals surface area contributed by atoms with Crippen LogP contribution in [0.5, 0.6) is 0 Å². The van der Waals surface area contributed by atoms with Crippen molar-refractivity contribution in [2.24, 2.45) is 0 Å². The first-order valence-electron chi connectivity index (χ1n) is 14.2. The third kappa shape index (κ3) is 13.7. The van der Waals surface area contributed by atoms with Crippen LogP contribution in [0.4, 0.5) is 0 Å². The van der Waals surface area contributed by atoms with Gasteiger partial charge in [0.1, 0.15) is 5.60 Å². The van der Waals surface area contributed by atoms with E-state index < -0.39 is 26.6 Å². The summed E-state index contributed by atoms with van der Waals surface area (Å²) in [5.41, 5.74) is 3.48. The SMILES string of the molecule is CC.CC.Cc1ccc(C(C)(C)OP(C)(=O)C(C)(C)C)cc1.Cc1ccc(C(C)(C)O[P+](=O)C(C)(C)C)cc1. The zero-order chi connectivity index (χ0) is 31.5. The van der Waals surface area contributed by atoms with Gasteiger partial charge in [0.05, 0.1) is 5.60 Å². The van der Waals surface area contributed by atoms with E-state index in [1.165, 1.54) is 11.1 Å². The van der Waals surface area contributed by atoms with Crippen LogP contribution in [0.1, 0.15) is 119 Å². The van der Waals surface area contributed by atoms with Crippen molar-refractivity contribution in [3.8, 4) is 0 Å². The lowest BCUT2D eigenvalue weighted by Crippen LogP contribution is -2.26. The molecule has 2 aromatic rings. The summed E-state index contributed by atoms with van der Waals surface area (Å²) in [6.07, 6.45) is 0. The van der Waals surface area contributed by atoms with Gasteiger partial charge in [0, 0.05) is 11.8 Å². The molecule has 0 spiro atoms. The Hall–Kier alpha value is -1.31. The number of hydrogen-bond acceptors (Lipinski definition) is 4. The first-order valence-corrected chi connectivity index (χ1v) is 17.4. The highest BCUT2D eigenvalue weighted by atomic mass is 31.2. The molecule has 2 unspecified atom stereocenters. The van der Waals surface area contributed by atoms with Gasteiger partial charge in [-0.25, -0.2) is 0 Å². The minimum atomic E-state index is -2.68. The molecule has 0 saturated heterocycles. The predicted molar refractivity (Wildman–Crippen MR) is 174 cm³/mol. The van der Waals surface area contributed by atoms with E-state index in [2.05, 4.69) is 19.1 Å². The second-order valence-electron chi connectivity index (χ2n) is 12.4. The van der Waals surface area contributed by atoms with Crippen molar-refractivity contribution >= 4 is 15.4 Å². The molecule has 2 atom stereocenters. The lowest BCUT2D eigenvalue weighted by Gasteiger charge is -2.35. The van der Waals surface area contributed by atoms with E-state index in [9.17, 15) is 9.13 Å². The zero-order valence-electron chi connectivity index (χ0n) is 28.1. The van der Waals surface area contributed by atoms with Crippen molar-refractivity contribution in [3.63, 3.8) is 0 Å². The molecule has 4 nitrogen and oxygen atoms in total. The standard InChI is InChI=1S/C15H25O2P.C14H22O2P.2C2H6/c1-12-8-10-13(11-9-12)15(5,6)17-18(7,16)14(2,3)4;1-11-7-9-12(10-8-11)14(5,6)16-17(15)13(2,3)4;2*1-2/h8-11H,1-7H3;7-10H,1-6H3;2*1-2H3/q;+1;;. The zero-order valence-corrected chi connectivity index (χ0v) is 29.9.